The molecule has 4 fully saturated rings. The van der Waals surface area contributed by atoms with Crippen LogP contribution in [0.1, 0.15) is 24.4 Å². The average Bonchev–Trinajstić information content (AvgIpc) is 3.47. The molecule has 3 saturated heterocycles. The van der Waals surface area contributed by atoms with Crippen LogP contribution >= 0.6 is 0 Å². The summed E-state index contributed by atoms with van der Waals surface area (Å²) in [4.78, 5) is 47.1. The van der Waals surface area contributed by atoms with Crippen LogP contribution in [0.4, 0.5) is 4.79 Å². The molecule has 2 atom stereocenters. The highest BCUT2D eigenvalue weighted by Crippen LogP contribution is 2.41. The molecule has 0 aromatic carbocycles. The minimum Gasteiger partial charge on any atom is -0.356 e. The molecule has 0 bridgehead atoms. The zero-order chi connectivity index (χ0) is 19.5. The van der Waals surface area contributed by atoms with E-state index >= 15 is 0 Å². The van der Waals surface area contributed by atoms with Crippen LogP contribution in [0.2, 0.25) is 0 Å². The number of pyridine rings is 1. The summed E-state index contributed by atoms with van der Waals surface area (Å²) in [5, 5.41) is 2.83. The lowest BCUT2D eigenvalue weighted by Crippen LogP contribution is -2.72. The molecule has 5 rings (SSSR count). The predicted octanol–water partition coefficient (Wildman–Crippen LogP) is -0.251. The number of likely N-dealkylation sites (N-methyl/N-ethyl adjacent to an activating group) is 1. The van der Waals surface area contributed by atoms with Crippen LogP contribution in [0, 0.1) is 0 Å². The SMILES string of the molecule is CN1C(=O)NCC12CN(C(=O)[C@H]1OCC(=O)N(C3CC3)[C@@H]1c1cccnc1)C2. The molecule has 4 amide bonds. The first-order chi connectivity index (χ1) is 13.5. The number of hydrogen-bond donors (Lipinski definition) is 1. The summed E-state index contributed by atoms with van der Waals surface area (Å²) >= 11 is 0. The van der Waals surface area contributed by atoms with Gasteiger partial charge in [0, 0.05) is 45.1 Å². The van der Waals surface area contributed by atoms with E-state index in [-0.39, 0.29) is 36.0 Å². The maximum atomic E-state index is 13.3. The van der Waals surface area contributed by atoms with Crippen molar-refractivity contribution in [2.75, 3.05) is 33.3 Å². The van der Waals surface area contributed by atoms with Gasteiger partial charge < -0.3 is 24.8 Å². The van der Waals surface area contributed by atoms with Crippen LogP contribution in [0.25, 0.3) is 0 Å². The number of nitrogens with one attached hydrogen (secondary N) is 1. The van der Waals surface area contributed by atoms with Crippen LogP contribution in [-0.4, -0.2) is 88.5 Å². The van der Waals surface area contributed by atoms with Gasteiger partial charge in [-0.3, -0.25) is 14.6 Å². The smallest absolute Gasteiger partial charge is 0.317 e. The first-order valence-corrected chi connectivity index (χ1v) is 9.63. The van der Waals surface area contributed by atoms with E-state index in [1.54, 1.807) is 29.2 Å². The maximum Gasteiger partial charge on any atom is 0.317 e. The Kier molecular flexibility index (Phi) is 3.84. The third-order valence-corrected chi connectivity index (χ3v) is 6.34. The minimum absolute atomic E-state index is 0.0780. The molecule has 1 aliphatic carbocycles. The number of rotatable bonds is 3. The van der Waals surface area contributed by atoms with Crippen molar-refractivity contribution in [3.8, 4) is 0 Å². The van der Waals surface area contributed by atoms with E-state index < -0.39 is 12.1 Å². The van der Waals surface area contributed by atoms with Crippen LogP contribution in [-0.2, 0) is 14.3 Å². The lowest BCUT2D eigenvalue weighted by Gasteiger charge is -2.52. The fourth-order valence-corrected chi connectivity index (χ4v) is 4.52. The Morgan fingerprint density at radius 2 is 2.11 bits per heavy atom. The number of morpholine rings is 1. The summed E-state index contributed by atoms with van der Waals surface area (Å²) in [6.07, 6.45) is 4.53. The van der Waals surface area contributed by atoms with E-state index in [0.717, 1.165) is 18.4 Å². The molecule has 1 spiro atoms. The summed E-state index contributed by atoms with van der Waals surface area (Å²) in [7, 11) is 1.76. The van der Waals surface area contributed by atoms with Gasteiger partial charge in [-0.05, 0) is 24.5 Å². The van der Waals surface area contributed by atoms with Crippen LogP contribution < -0.4 is 5.32 Å². The number of aromatic nitrogens is 1. The van der Waals surface area contributed by atoms with Crippen molar-refractivity contribution in [3.63, 3.8) is 0 Å². The number of urea groups is 1. The van der Waals surface area contributed by atoms with E-state index in [1.807, 2.05) is 17.0 Å². The molecule has 148 valence electrons. The first-order valence-electron chi connectivity index (χ1n) is 9.63. The molecule has 0 unspecified atom stereocenters. The van der Waals surface area contributed by atoms with E-state index in [0.29, 0.717) is 19.6 Å². The standard InChI is InChI=1S/C19H23N5O4/c1-22-18(27)21-9-19(22)10-23(11-19)17(26)16-15(12-3-2-6-20-7-12)24(13-4-5-13)14(25)8-28-16/h2-3,6-7,13,15-16H,4-5,8-11H2,1H3,(H,21,27)/t15-,16+/m1/s1. The Morgan fingerprint density at radius 1 is 1.32 bits per heavy atom. The minimum atomic E-state index is -0.754. The van der Waals surface area contributed by atoms with Gasteiger partial charge in [0.2, 0.25) is 5.91 Å². The van der Waals surface area contributed by atoms with Crippen molar-refractivity contribution in [1.82, 2.24) is 25.0 Å². The molecule has 1 aromatic heterocycles. The molecule has 1 aromatic rings. The third kappa shape index (κ3) is 2.56. The number of carbonyl (C=O) groups excluding carboxylic acids is 3. The Bertz CT molecular complexity index is 821. The van der Waals surface area contributed by atoms with Gasteiger partial charge in [0.05, 0.1) is 11.6 Å². The molecular weight excluding hydrogens is 362 g/mol. The summed E-state index contributed by atoms with van der Waals surface area (Å²) in [6.45, 7) is 1.40. The monoisotopic (exact) mass is 385 g/mol. The topological polar surface area (TPSA) is 95.1 Å². The number of carbonyl (C=O) groups is 3. The number of nitrogens with zero attached hydrogens (tertiary/aromatic N) is 4. The van der Waals surface area contributed by atoms with Gasteiger partial charge in [0.25, 0.3) is 5.91 Å². The van der Waals surface area contributed by atoms with Crippen molar-refractivity contribution in [2.45, 2.75) is 36.6 Å². The Balaban J connectivity index is 1.39. The zero-order valence-corrected chi connectivity index (χ0v) is 15.7. The highest BCUT2D eigenvalue weighted by molar-refractivity contribution is 5.88. The van der Waals surface area contributed by atoms with E-state index in [2.05, 4.69) is 10.3 Å². The highest BCUT2D eigenvalue weighted by Gasteiger charge is 2.56. The number of hydrogen-bond acceptors (Lipinski definition) is 5. The summed E-state index contributed by atoms with van der Waals surface area (Å²) in [5.74, 6) is -0.212. The van der Waals surface area contributed by atoms with Crippen LogP contribution in [0.3, 0.4) is 0 Å². The molecular formula is C19H23N5O4. The van der Waals surface area contributed by atoms with Crippen molar-refractivity contribution >= 4 is 17.8 Å². The molecule has 1 N–H and O–H groups in total. The summed E-state index contributed by atoms with van der Waals surface area (Å²) < 4.78 is 5.78. The number of ether oxygens (including phenoxy) is 1. The fraction of sp³-hybridized carbons (Fsp3) is 0.579. The lowest BCUT2D eigenvalue weighted by atomic mass is 9.87. The van der Waals surface area contributed by atoms with E-state index in [9.17, 15) is 14.4 Å². The Morgan fingerprint density at radius 3 is 2.71 bits per heavy atom. The van der Waals surface area contributed by atoms with E-state index in [4.69, 9.17) is 4.74 Å². The van der Waals surface area contributed by atoms with Gasteiger partial charge in [0.15, 0.2) is 6.10 Å². The van der Waals surface area contributed by atoms with Crippen LogP contribution in [0.15, 0.2) is 24.5 Å². The zero-order valence-electron chi connectivity index (χ0n) is 15.7. The molecule has 3 aliphatic heterocycles. The molecule has 28 heavy (non-hydrogen) atoms. The molecule has 9 nitrogen and oxygen atoms in total. The quantitative estimate of drug-likeness (QED) is 0.774. The summed E-state index contributed by atoms with van der Waals surface area (Å²) in [6, 6.07) is 3.29. The Labute approximate surface area is 162 Å². The number of amides is 4. The van der Waals surface area contributed by atoms with Gasteiger partial charge in [-0.2, -0.15) is 0 Å². The molecule has 4 aliphatic rings. The molecule has 1 saturated carbocycles. The van der Waals surface area contributed by atoms with Crippen LogP contribution in [0.5, 0.6) is 0 Å². The van der Waals surface area contributed by atoms with Crippen molar-refractivity contribution in [2.24, 2.45) is 0 Å². The van der Waals surface area contributed by atoms with Gasteiger partial charge in [-0.15, -0.1) is 0 Å². The second-order valence-electron chi connectivity index (χ2n) is 8.13. The largest absolute Gasteiger partial charge is 0.356 e. The first kappa shape index (κ1) is 17.4. The average molecular weight is 385 g/mol. The molecule has 0 radical (unpaired) electrons. The van der Waals surface area contributed by atoms with Crippen molar-refractivity contribution in [3.05, 3.63) is 30.1 Å². The van der Waals surface area contributed by atoms with Gasteiger partial charge >= 0.3 is 6.03 Å². The Hall–Kier alpha value is -2.68. The predicted molar refractivity (Wildman–Crippen MR) is 97.1 cm³/mol. The maximum absolute atomic E-state index is 13.3. The lowest BCUT2D eigenvalue weighted by molar-refractivity contribution is -0.176. The fourth-order valence-electron chi connectivity index (χ4n) is 4.52. The molecule has 4 heterocycles. The summed E-state index contributed by atoms with van der Waals surface area (Å²) in [5.41, 5.74) is 0.475. The second kappa shape index (κ2) is 6.16. The molecule has 9 heteroatoms. The van der Waals surface area contributed by atoms with Gasteiger partial charge in [0.1, 0.15) is 6.61 Å². The number of likely N-dealkylation sites (tertiary alicyclic amines) is 1. The third-order valence-electron chi connectivity index (χ3n) is 6.34. The van der Waals surface area contributed by atoms with Crippen molar-refractivity contribution < 1.29 is 19.1 Å². The van der Waals surface area contributed by atoms with Crippen molar-refractivity contribution in [1.29, 1.82) is 0 Å². The normalized spacial score (nSPS) is 29.1. The van der Waals surface area contributed by atoms with E-state index in [1.165, 1.54) is 0 Å². The van der Waals surface area contributed by atoms with Gasteiger partial charge in [-0.25, -0.2) is 4.79 Å². The second-order valence-corrected chi connectivity index (χ2v) is 8.13. The highest BCUT2D eigenvalue weighted by atomic mass is 16.5. The van der Waals surface area contributed by atoms with Gasteiger partial charge in [-0.1, -0.05) is 6.07 Å².